The van der Waals surface area contributed by atoms with Crippen LogP contribution in [0, 0.1) is 6.92 Å². The molecule has 2 amide bonds. The summed E-state index contributed by atoms with van der Waals surface area (Å²) in [5, 5.41) is 2.76. The monoisotopic (exact) mass is 511 g/mol. The highest BCUT2D eigenvalue weighted by atomic mass is 79.9. The van der Waals surface area contributed by atoms with Crippen molar-refractivity contribution in [2.75, 3.05) is 16.8 Å². The average Bonchev–Trinajstić information content (AvgIpc) is 2.70. The number of nitrogens with one attached hydrogen (secondary N) is 1. The number of benzene rings is 2. The van der Waals surface area contributed by atoms with Gasteiger partial charge in [0.1, 0.15) is 5.57 Å². The lowest BCUT2D eigenvalue weighted by atomic mass is 9.80. The molecule has 2 aliphatic rings. The maximum absolute atomic E-state index is 13.4. The SMILES string of the molecule is Cc1cc(Br)ccc1N1C(=O)/C(=C\c2ccc3c(c2)C(C)CC(C)(C)N3C)C(=O)NC1=S. The van der Waals surface area contributed by atoms with E-state index in [0.29, 0.717) is 11.6 Å². The third kappa shape index (κ3) is 3.88. The fourth-order valence-corrected chi connectivity index (χ4v) is 5.35. The number of halogens is 1. The predicted molar refractivity (Wildman–Crippen MR) is 137 cm³/mol. The summed E-state index contributed by atoms with van der Waals surface area (Å²) in [5.74, 6) is -0.525. The first kappa shape index (κ1) is 22.7. The summed E-state index contributed by atoms with van der Waals surface area (Å²) in [6, 6.07) is 11.7. The first-order valence-corrected chi connectivity index (χ1v) is 11.7. The number of fused-ring (bicyclic) bond motifs is 1. The van der Waals surface area contributed by atoms with E-state index in [-0.39, 0.29) is 16.2 Å². The highest BCUT2D eigenvalue weighted by Crippen LogP contribution is 2.42. The van der Waals surface area contributed by atoms with Crippen LogP contribution in [0.3, 0.4) is 0 Å². The van der Waals surface area contributed by atoms with Gasteiger partial charge in [0.25, 0.3) is 11.8 Å². The molecule has 2 aliphatic heterocycles. The Morgan fingerprint density at radius 2 is 1.84 bits per heavy atom. The molecule has 0 bridgehead atoms. The van der Waals surface area contributed by atoms with Gasteiger partial charge in [-0.15, -0.1) is 0 Å². The Kier molecular flexibility index (Phi) is 5.75. The maximum atomic E-state index is 13.4. The summed E-state index contributed by atoms with van der Waals surface area (Å²) in [7, 11) is 2.11. The predicted octanol–water partition coefficient (Wildman–Crippen LogP) is 5.31. The lowest BCUT2D eigenvalue weighted by Crippen LogP contribution is -2.54. The van der Waals surface area contributed by atoms with Crippen LogP contribution >= 0.6 is 28.1 Å². The van der Waals surface area contributed by atoms with E-state index in [2.05, 4.69) is 66.1 Å². The van der Waals surface area contributed by atoms with Gasteiger partial charge < -0.3 is 4.90 Å². The summed E-state index contributed by atoms with van der Waals surface area (Å²) >= 11 is 8.77. The Morgan fingerprint density at radius 1 is 1.16 bits per heavy atom. The second-order valence-electron chi connectivity index (χ2n) is 9.18. The van der Waals surface area contributed by atoms with E-state index in [0.717, 1.165) is 22.0 Å². The Hall–Kier alpha value is -2.51. The molecule has 2 heterocycles. The molecule has 5 nitrogen and oxygen atoms in total. The minimum atomic E-state index is -0.477. The van der Waals surface area contributed by atoms with Gasteiger partial charge in [-0.3, -0.25) is 19.8 Å². The number of rotatable bonds is 2. The van der Waals surface area contributed by atoms with Crippen LogP contribution in [0.2, 0.25) is 0 Å². The van der Waals surface area contributed by atoms with Crippen LogP contribution in [0.5, 0.6) is 0 Å². The van der Waals surface area contributed by atoms with Crippen molar-refractivity contribution in [3.63, 3.8) is 0 Å². The van der Waals surface area contributed by atoms with Crippen molar-refractivity contribution in [1.82, 2.24) is 5.32 Å². The molecule has 0 spiro atoms. The fraction of sp³-hybridized carbons (Fsp3) is 0.320. The minimum absolute atomic E-state index is 0.0676. The molecule has 32 heavy (non-hydrogen) atoms. The Balaban J connectivity index is 1.74. The smallest absolute Gasteiger partial charge is 0.270 e. The van der Waals surface area contributed by atoms with Crippen molar-refractivity contribution >= 4 is 62.5 Å². The number of hydrogen-bond donors (Lipinski definition) is 1. The largest absolute Gasteiger partial charge is 0.369 e. The summed E-state index contributed by atoms with van der Waals surface area (Å²) in [4.78, 5) is 29.8. The molecule has 0 saturated carbocycles. The zero-order valence-corrected chi connectivity index (χ0v) is 21.2. The molecule has 2 aromatic carbocycles. The zero-order chi connectivity index (χ0) is 23.4. The van der Waals surface area contributed by atoms with Gasteiger partial charge in [-0.2, -0.15) is 0 Å². The fourth-order valence-electron chi connectivity index (χ4n) is 4.60. The summed E-state index contributed by atoms with van der Waals surface area (Å²) in [6.07, 6.45) is 2.69. The number of anilines is 2. The number of amides is 2. The van der Waals surface area contributed by atoms with Crippen LogP contribution in [0.1, 0.15) is 49.8 Å². The third-order valence-corrected chi connectivity index (χ3v) is 7.25. The van der Waals surface area contributed by atoms with E-state index in [1.165, 1.54) is 16.2 Å². The van der Waals surface area contributed by atoms with Crippen LogP contribution in [-0.2, 0) is 9.59 Å². The van der Waals surface area contributed by atoms with E-state index in [4.69, 9.17) is 12.2 Å². The molecule has 0 aromatic heterocycles. The van der Waals surface area contributed by atoms with Gasteiger partial charge in [0, 0.05) is 22.7 Å². The molecule has 1 unspecified atom stereocenters. The van der Waals surface area contributed by atoms with Gasteiger partial charge in [-0.05, 0) is 98.4 Å². The molecule has 1 N–H and O–H groups in total. The highest BCUT2D eigenvalue weighted by molar-refractivity contribution is 9.10. The third-order valence-electron chi connectivity index (χ3n) is 6.47. The molecule has 7 heteroatoms. The molecule has 1 atom stereocenters. The second-order valence-corrected chi connectivity index (χ2v) is 10.5. The topological polar surface area (TPSA) is 52.7 Å². The lowest BCUT2D eigenvalue weighted by molar-refractivity contribution is -0.122. The van der Waals surface area contributed by atoms with E-state index < -0.39 is 11.8 Å². The van der Waals surface area contributed by atoms with Gasteiger partial charge in [0.15, 0.2) is 5.11 Å². The molecule has 4 rings (SSSR count). The van der Waals surface area contributed by atoms with Gasteiger partial charge in [-0.1, -0.05) is 28.9 Å². The van der Waals surface area contributed by atoms with Crippen LogP contribution in [0.4, 0.5) is 11.4 Å². The van der Waals surface area contributed by atoms with Crippen molar-refractivity contribution < 1.29 is 9.59 Å². The first-order valence-electron chi connectivity index (χ1n) is 10.5. The standard InChI is InChI=1S/C25H26BrN3O2S/c1-14-10-17(26)7-9-20(14)29-23(31)19(22(30)27-24(29)32)12-16-6-8-21-18(11-16)15(2)13-25(3,4)28(21)5/h6-12,15H,13H2,1-5H3,(H,27,30,32)/b19-12-. The van der Waals surface area contributed by atoms with Gasteiger partial charge >= 0.3 is 0 Å². The number of hydrogen-bond acceptors (Lipinski definition) is 4. The van der Waals surface area contributed by atoms with E-state index in [1.807, 2.05) is 31.2 Å². The first-order chi connectivity index (χ1) is 15.0. The van der Waals surface area contributed by atoms with Crippen LogP contribution < -0.4 is 15.1 Å². The van der Waals surface area contributed by atoms with Crippen LogP contribution in [0.15, 0.2) is 46.4 Å². The number of carbonyl (C=O) groups excluding carboxylic acids is 2. The molecule has 1 fully saturated rings. The van der Waals surface area contributed by atoms with E-state index >= 15 is 0 Å². The van der Waals surface area contributed by atoms with Crippen LogP contribution in [0.25, 0.3) is 6.08 Å². The lowest BCUT2D eigenvalue weighted by Gasteiger charge is -2.45. The number of aryl methyl sites for hydroxylation is 1. The van der Waals surface area contributed by atoms with Gasteiger partial charge in [0.2, 0.25) is 0 Å². The van der Waals surface area contributed by atoms with Crippen molar-refractivity contribution in [3.8, 4) is 0 Å². The van der Waals surface area contributed by atoms with Crippen molar-refractivity contribution in [2.24, 2.45) is 0 Å². The highest BCUT2D eigenvalue weighted by Gasteiger charge is 2.36. The molecular weight excluding hydrogens is 486 g/mol. The number of thiocarbonyl (C=S) groups is 1. The Bertz CT molecular complexity index is 1190. The average molecular weight is 512 g/mol. The second kappa shape index (κ2) is 8.12. The Morgan fingerprint density at radius 3 is 2.53 bits per heavy atom. The Labute approximate surface area is 202 Å². The van der Waals surface area contributed by atoms with Crippen molar-refractivity contribution in [2.45, 2.75) is 45.6 Å². The van der Waals surface area contributed by atoms with Crippen molar-refractivity contribution in [1.29, 1.82) is 0 Å². The number of nitrogens with zero attached hydrogens (tertiary/aromatic N) is 2. The normalized spacial score (nSPS) is 21.6. The summed E-state index contributed by atoms with van der Waals surface area (Å²) in [5.41, 5.74) is 4.89. The molecule has 166 valence electrons. The molecular formula is C25H26BrN3O2S. The van der Waals surface area contributed by atoms with Gasteiger partial charge in [-0.25, -0.2) is 0 Å². The molecule has 0 aliphatic carbocycles. The van der Waals surface area contributed by atoms with Crippen LogP contribution in [-0.4, -0.2) is 29.5 Å². The maximum Gasteiger partial charge on any atom is 0.270 e. The van der Waals surface area contributed by atoms with Gasteiger partial charge in [0.05, 0.1) is 5.69 Å². The minimum Gasteiger partial charge on any atom is -0.369 e. The molecule has 2 aromatic rings. The van der Waals surface area contributed by atoms with Crippen molar-refractivity contribution in [3.05, 3.63) is 63.1 Å². The summed E-state index contributed by atoms with van der Waals surface area (Å²) < 4.78 is 0.908. The summed E-state index contributed by atoms with van der Waals surface area (Å²) in [6.45, 7) is 8.61. The van der Waals surface area contributed by atoms with E-state index in [1.54, 1.807) is 6.08 Å². The van der Waals surface area contributed by atoms with E-state index in [9.17, 15) is 9.59 Å². The number of carbonyl (C=O) groups is 2. The molecule has 0 radical (unpaired) electrons. The zero-order valence-electron chi connectivity index (χ0n) is 18.8. The quantitative estimate of drug-likeness (QED) is 0.337. The molecule has 1 saturated heterocycles.